The van der Waals surface area contributed by atoms with E-state index in [9.17, 15) is 15.0 Å². The van der Waals surface area contributed by atoms with Crippen LogP contribution in [0.2, 0.25) is 5.02 Å². The first-order valence-corrected chi connectivity index (χ1v) is 10.9. The third-order valence-corrected chi connectivity index (χ3v) is 5.89. The molecule has 0 bridgehead atoms. The van der Waals surface area contributed by atoms with Gasteiger partial charge in [0.25, 0.3) is 0 Å². The summed E-state index contributed by atoms with van der Waals surface area (Å²) in [5, 5.41) is 24.4. The molecule has 0 aromatic heterocycles. The summed E-state index contributed by atoms with van der Waals surface area (Å²) in [4.78, 5) is 11.3. The van der Waals surface area contributed by atoms with Crippen LogP contribution in [0, 0.1) is 0 Å². The molecule has 7 nitrogen and oxygen atoms in total. The van der Waals surface area contributed by atoms with Crippen LogP contribution in [0.1, 0.15) is 26.3 Å². The third-order valence-electron chi connectivity index (χ3n) is 5.56. The summed E-state index contributed by atoms with van der Waals surface area (Å²) < 4.78 is 17.2. The molecule has 1 aliphatic heterocycles. The summed E-state index contributed by atoms with van der Waals surface area (Å²) in [6.45, 7) is 5.50. The fourth-order valence-electron chi connectivity index (χ4n) is 3.99. The molecule has 174 valence electrons. The average Bonchev–Trinajstić information content (AvgIpc) is 2.73. The zero-order chi connectivity index (χ0) is 23.5. The molecule has 0 saturated carbocycles. The summed E-state index contributed by atoms with van der Waals surface area (Å²) in [5.74, 6) is 0.356. The fraction of sp³-hybridized carbons (Fsp3) is 0.458. The Morgan fingerprint density at radius 2 is 1.88 bits per heavy atom. The van der Waals surface area contributed by atoms with E-state index in [0.29, 0.717) is 23.7 Å². The molecule has 2 aromatic rings. The van der Waals surface area contributed by atoms with Gasteiger partial charge in [-0.05, 0) is 49.6 Å². The molecule has 1 saturated heterocycles. The average molecular weight is 464 g/mol. The minimum absolute atomic E-state index is 0.0942. The Kier molecular flexibility index (Phi) is 7.79. The van der Waals surface area contributed by atoms with Gasteiger partial charge in [-0.1, -0.05) is 35.9 Å². The number of carbonyl (C=O) groups excluding carboxylic acids is 1. The number of methoxy groups -OCH3 is 1. The van der Waals surface area contributed by atoms with E-state index in [1.54, 1.807) is 26.0 Å². The summed E-state index contributed by atoms with van der Waals surface area (Å²) >= 11 is 6.45. The molecule has 1 aliphatic rings. The van der Waals surface area contributed by atoms with Crippen molar-refractivity contribution in [3.05, 3.63) is 53.1 Å². The molecule has 1 fully saturated rings. The highest BCUT2D eigenvalue weighted by atomic mass is 35.5. The van der Waals surface area contributed by atoms with Gasteiger partial charge in [0.1, 0.15) is 24.1 Å². The van der Waals surface area contributed by atoms with Crippen molar-refractivity contribution in [2.75, 3.05) is 13.7 Å². The fourth-order valence-corrected chi connectivity index (χ4v) is 4.23. The molecule has 1 heterocycles. The summed E-state index contributed by atoms with van der Waals surface area (Å²) in [6, 6.07) is 12.9. The molecule has 0 aliphatic carbocycles. The van der Waals surface area contributed by atoms with Crippen molar-refractivity contribution >= 4 is 17.5 Å². The predicted octanol–water partition coefficient (Wildman–Crippen LogP) is 2.94. The van der Waals surface area contributed by atoms with E-state index in [4.69, 9.17) is 25.8 Å². The normalized spacial score (nSPS) is 24.7. The van der Waals surface area contributed by atoms with Crippen molar-refractivity contribution < 1.29 is 29.2 Å². The maximum atomic E-state index is 11.3. The Labute approximate surface area is 193 Å². The molecular weight excluding hydrogens is 434 g/mol. The second kappa shape index (κ2) is 10.2. The van der Waals surface area contributed by atoms with E-state index in [0.717, 1.165) is 16.7 Å². The molecule has 2 aromatic carbocycles. The maximum Gasteiger partial charge on any atom is 0.229 e. The van der Waals surface area contributed by atoms with Crippen LogP contribution in [0.25, 0.3) is 11.1 Å². The second-order valence-electron chi connectivity index (χ2n) is 8.38. The van der Waals surface area contributed by atoms with Crippen LogP contribution >= 0.6 is 11.6 Å². The zero-order valence-electron chi connectivity index (χ0n) is 18.7. The third kappa shape index (κ3) is 5.42. The van der Waals surface area contributed by atoms with Crippen LogP contribution in [0.15, 0.2) is 42.5 Å². The SMILES string of the molecule is CO[C@@H]1[C@@H](O)[C@@H](O)[C@H](Oc2ccc(CCNC(C)=O)c(-c3ccccc3Cl)c2)OC1(C)C. The number of hydrogen-bond donors (Lipinski definition) is 3. The van der Waals surface area contributed by atoms with E-state index in [1.807, 2.05) is 30.3 Å². The lowest BCUT2D eigenvalue weighted by molar-refractivity contribution is -0.305. The number of carbonyl (C=O) groups is 1. The zero-order valence-corrected chi connectivity index (χ0v) is 19.4. The van der Waals surface area contributed by atoms with Crippen LogP contribution in [0.3, 0.4) is 0 Å². The molecule has 0 spiro atoms. The van der Waals surface area contributed by atoms with Gasteiger partial charge in [0.15, 0.2) is 0 Å². The molecule has 0 unspecified atom stereocenters. The van der Waals surface area contributed by atoms with Crippen molar-refractivity contribution in [1.29, 1.82) is 0 Å². The number of rotatable bonds is 7. The molecule has 1 amide bonds. The Hall–Kier alpha value is -2.16. The second-order valence-corrected chi connectivity index (χ2v) is 8.78. The Morgan fingerprint density at radius 3 is 2.53 bits per heavy atom. The minimum atomic E-state index is -1.30. The molecule has 3 rings (SSSR count). The first-order chi connectivity index (χ1) is 15.1. The summed E-state index contributed by atoms with van der Waals surface area (Å²) in [7, 11) is 1.46. The molecule has 0 radical (unpaired) electrons. The highest BCUT2D eigenvalue weighted by molar-refractivity contribution is 6.33. The smallest absolute Gasteiger partial charge is 0.229 e. The lowest BCUT2D eigenvalue weighted by Crippen LogP contribution is -2.63. The largest absolute Gasteiger partial charge is 0.462 e. The molecule has 4 atom stereocenters. The number of nitrogens with one attached hydrogen (secondary N) is 1. The standard InChI is InChI=1S/C24H30ClNO6/c1-14(27)26-12-11-15-9-10-16(13-18(15)17-7-5-6-8-19(17)25)31-23-21(29)20(28)22(30-4)24(2,3)32-23/h5-10,13,20-23,28-29H,11-12H2,1-4H3,(H,26,27)/t20-,21+,22+,23+/m0/s1. The topological polar surface area (TPSA) is 97.3 Å². The van der Waals surface area contributed by atoms with Gasteiger partial charge in [-0.2, -0.15) is 0 Å². The van der Waals surface area contributed by atoms with Gasteiger partial charge < -0.3 is 29.7 Å². The van der Waals surface area contributed by atoms with Gasteiger partial charge in [0, 0.05) is 31.2 Å². The van der Waals surface area contributed by atoms with E-state index < -0.39 is 30.2 Å². The number of halogens is 1. The summed E-state index contributed by atoms with van der Waals surface area (Å²) in [5.41, 5.74) is 1.77. The molecule has 3 N–H and O–H groups in total. The van der Waals surface area contributed by atoms with Crippen molar-refractivity contribution in [2.24, 2.45) is 0 Å². The Morgan fingerprint density at radius 1 is 1.16 bits per heavy atom. The highest BCUT2D eigenvalue weighted by Crippen LogP contribution is 2.36. The molecular formula is C24H30ClNO6. The minimum Gasteiger partial charge on any atom is -0.462 e. The number of aliphatic hydroxyl groups excluding tert-OH is 2. The predicted molar refractivity (Wildman–Crippen MR) is 122 cm³/mol. The van der Waals surface area contributed by atoms with Crippen molar-refractivity contribution in [3.8, 4) is 16.9 Å². The number of aliphatic hydroxyl groups is 2. The molecule has 8 heteroatoms. The highest BCUT2D eigenvalue weighted by Gasteiger charge is 2.50. The van der Waals surface area contributed by atoms with Crippen molar-refractivity contribution in [2.45, 2.75) is 57.4 Å². The monoisotopic (exact) mass is 463 g/mol. The molecule has 32 heavy (non-hydrogen) atoms. The van der Waals surface area contributed by atoms with Crippen LogP contribution in [0.4, 0.5) is 0 Å². The van der Waals surface area contributed by atoms with Crippen LogP contribution in [-0.4, -0.2) is 60.0 Å². The lowest BCUT2D eigenvalue weighted by Gasteiger charge is -2.46. The number of benzene rings is 2. The number of ether oxygens (including phenoxy) is 3. The van der Waals surface area contributed by atoms with Gasteiger partial charge in [0.2, 0.25) is 12.2 Å². The maximum absolute atomic E-state index is 11.3. The quantitative estimate of drug-likeness (QED) is 0.584. The van der Waals surface area contributed by atoms with Crippen LogP contribution in [-0.2, 0) is 20.7 Å². The van der Waals surface area contributed by atoms with Crippen LogP contribution in [0.5, 0.6) is 5.75 Å². The Bertz CT molecular complexity index is 950. The number of amides is 1. The van der Waals surface area contributed by atoms with E-state index >= 15 is 0 Å². The van der Waals surface area contributed by atoms with E-state index in [1.165, 1.54) is 14.0 Å². The number of hydrogen-bond acceptors (Lipinski definition) is 6. The van der Waals surface area contributed by atoms with Gasteiger partial charge >= 0.3 is 0 Å². The van der Waals surface area contributed by atoms with Crippen LogP contribution < -0.4 is 10.1 Å². The van der Waals surface area contributed by atoms with E-state index in [2.05, 4.69) is 5.32 Å². The van der Waals surface area contributed by atoms with E-state index in [-0.39, 0.29) is 5.91 Å². The first kappa shape index (κ1) is 24.5. The van der Waals surface area contributed by atoms with Gasteiger partial charge in [-0.15, -0.1) is 0 Å². The van der Waals surface area contributed by atoms with Gasteiger partial charge in [-0.3, -0.25) is 4.79 Å². The lowest BCUT2D eigenvalue weighted by atomic mass is 9.89. The summed E-state index contributed by atoms with van der Waals surface area (Å²) in [6.07, 6.45) is -3.66. The van der Waals surface area contributed by atoms with Gasteiger partial charge in [0.05, 0.1) is 5.60 Å². The van der Waals surface area contributed by atoms with Crippen molar-refractivity contribution in [3.63, 3.8) is 0 Å². The van der Waals surface area contributed by atoms with Gasteiger partial charge in [-0.25, -0.2) is 0 Å². The first-order valence-electron chi connectivity index (χ1n) is 10.5. The Balaban J connectivity index is 1.90. The van der Waals surface area contributed by atoms with Crippen molar-refractivity contribution in [1.82, 2.24) is 5.32 Å².